The van der Waals surface area contributed by atoms with E-state index in [-0.39, 0.29) is 0 Å². The number of anilines is 1. The van der Waals surface area contributed by atoms with Crippen molar-refractivity contribution in [2.75, 3.05) is 11.9 Å². The van der Waals surface area contributed by atoms with Crippen molar-refractivity contribution in [3.63, 3.8) is 0 Å². The van der Waals surface area contributed by atoms with Crippen molar-refractivity contribution < 1.29 is 4.39 Å². The van der Waals surface area contributed by atoms with Crippen LogP contribution in [0.25, 0.3) is 0 Å². The van der Waals surface area contributed by atoms with Gasteiger partial charge in [0.15, 0.2) is 5.82 Å². The van der Waals surface area contributed by atoms with E-state index in [0.29, 0.717) is 12.5 Å². The molecule has 0 saturated heterocycles. The Labute approximate surface area is 81.8 Å². The van der Waals surface area contributed by atoms with Crippen molar-refractivity contribution in [1.82, 2.24) is 9.97 Å². The second kappa shape index (κ2) is 4.01. The minimum absolute atomic E-state index is 0.328. The summed E-state index contributed by atoms with van der Waals surface area (Å²) in [6.45, 7) is 4.02. The third-order valence-electron chi connectivity index (χ3n) is 1.61. The number of nitrogens with one attached hydrogen (secondary N) is 1. The molecule has 0 amide bonds. The Morgan fingerprint density at radius 1 is 1.50 bits per heavy atom. The van der Waals surface area contributed by atoms with Crippen molar-refractivity contribution in [2.45, 2.75) is 13.8 Å². The molecule has 5 heteroatoms. The molecule has 1 rings (SSSR count). The minimum atomic E-state index is -0.488. The molecular formula is C9H11FN4. The van der Waals surface area contributed by atoms with Crippen LogP contribution in [0.5, 0.6) is 0 Å². The van der Waals surface area contributed by atoms with Crippen molar-refractivity contribution in [3.8, 4) is 6.07 Å². The zero-order chi connectivity index (χ0) is 10.6. The molecule has 0 saturated carbocycles. The van der Waals surface area contributed by atoms with E-state index in [1.165, 1.54) is 0 Å². The topological polar surface area (TPSA) is 61.6 Å². The summed E-state index contributed by atoms with van der Waals surface area (Å²) in [5.41, 5.74) is -0.488. The molecule has 0 aliphatic carbocycles. The Balaban J connectivity index is 2.55. The van der Waals surface area contributed by atoms with Crippen LogP contribution in [-0.4, -0.2) is 16.5 Å². The van der Waals surface area contributed by atoms with E-state index in [1.54, 1.807) is 13.8 Å². The molecular weight excluding hydrogens is 183 g/mol. The van der Waals surface area contributed by atoms with Gasteiger partial charge in [0.2, 0.25) is 5.95 Å². The second-order valence-electron chi connectivity index (χ2n) is 3.57. The fraction of sp³-hybridized carbons (Fsp3) is 0.444. The van der Waals surface area contributed by atoms with Gasteiger partial charge in [-0.25, -0.2) is 14.4 Å². The number of halogens is 1. The fourth-order valence-corrected chi connectivity index (χ4v) is 0.743. The summed E-state index contributed by atoms with van der Waals surface area (Å²) >= 11 is 0. The molecule has 0 unspecified atom stereocenters. The van der Waals surface area contributed by atoms with E-state index in [9.17, 15) is 4.39 Å². The summed E-state index contributed by atoms with van der Waals surface area (Å²) in [6.07, 6.45) is 2.16. The van der Waals surface area contributed by atoms with Crippen LogP contribution in [0.2, 0.25) is 0 Å². The lowest BCUT2D eigenvalue weighted by atomic mass is 9.96. The van der Waals surface area contributed by atoms with Crippen molar-refractivity contribution in [3.05, 3.63) is 18.2 Å². The van der Waals surface area contributed by atoms with E-state index in [0.717, 1.165) is 12.4 Å². The Bertz CT molecular complexity index is 339. The Morgan fingerprint density at radius 3 is 2.57 bits per heavy atom. The highest BCUT2D eigenvalue weighted by molar-refractivity contribution is 5.23. The maximum Gasteiger partial charge on any atom is 0.222 e. The predicted molar refractivity (Wildman–Crippen MR) is 49.9 cm³/mol. The molecule has 0 radical (unpaired) electrons. The fourth-order valence-electron chi connectivity index (χ4n) is 0.743. The van der Waals surface area contributed by atoms with E-state index in [4.69, 9.17) is 5.26 Å². The zero-order valence-corrected chi connectivity index (χ0v) is 8.08. The van der Waals surface area contributed by atoms with Gasteiger partial charge in [0.05, 0.1) is 23.9 Å². The molecule has 4 nitrogen and oxygen atoms in total. The van der Waals surface area contributed by atoms with Crippen LogP contribution in [-0.2, 0) is 0 Å². The van der Waals surface area contributed by atoms with Crippen LogP contribution < -0.4 is 5.32 Å². The molecule has 14 heavy (non-hydrogen) atoms. The van der Waals surface area contributed by atoms with Gasteiger partial charge in [-0.15, -0.1) is 0 Å². The number of hydrogen-bond acceptors (Lipinski definition) is 4. The quantitative estimate of drug-likeness (QED) is 0.793. The molecule has 0 bridgehead atoms. The van der Waals surface area contributed by atoms with Crippen molar-refractivity contribution in [1.29, 1.82) is 5.26 Å². The monoisotopic (exact) mass is 194 g/mol. The predicted octanol–water partition coefficient (Wildman–Crippen LogP) is 1.58. The molecule has 0 atom stereocenters. The summed E-state index contributed by atoms with van der Waals surface area (Å²) in [5.74, 6) is -0.148. The highest BCUT2D eigenvalue weighted by atomic mass is 19.1. The summed E-state index contributed by atoms with van der Waals surface area (Å²) in [6, 6.07) is 2.13. The van der Waals surface area contributed by atoms with Crippen LogP contribution in [0.1, 0.15) is 13.8 Å². The number of nitriles is 1. The zero-order valence-electron chi connectivity index (χ0n) is 8.08. The summed E-state index contributed by atoms with van der Waals surface area (Å²) in [5, 5.41) is 11.6. The lowest BCUT2D eigenvalue weighted by molar-refractivity contribution is 0.526. The standard InChI is InChI=1S/C9H11FN4/c1-9(2,5-11)6-14-8-12-3-7(10)4-13-8/h3-4H,6H2,1-2H3,(H,12,13,14). The first-order valence-electron chi connectivity index (χ1n) is 4.16. The smallest absolute Gasteiger partial charge is 0.222 e. The van der Waals surface area contributed by atoms with E-state index >= 15 is 0 Å². The molecule has 1 heterocycles. The maximum atomic E-state index is 12.4. The second-order valence-corrected chi connectivity index (χ2v) is 3.57. The molecule has 74 valence electrons. The maximum absolute atomic E-state index is 12.4. The van der Waals surface area contributed by atoms with Gasteiger partial charge in [-0.1, -0.05) is 0 Å². The molecule has 1 aromatic heterocycles. The SMILES string of the molecule is CC(C)(C#N)CNc1ncc(F)cn1. The highest BCUT2D eigenvalue weighted by Crippen LogP contribution is 2.12. The Kier molecular flexibility index (Phi) is 2.97. The molecule has 0 fully saturated rings. The first-order valence-corrected chi connectivity index (χ1v) is 4.16. The van der Waals surface area contributed by atoms with Crippen LogP contribution in [0.3, 0.4) is 0 Å². The van der Waals surface area contributed by atoms with Crippen LogP contribution in [0.15, 0.2) is 12.4 Å². The van der Waals surface area contributed by atoms with Gasteiger partial charge >= 0.3 is 0 Å². The third-order valence-corrected chi connectivity index (χ3v) is 1.61. The average Bonchev–Trinajstić information content (AvgIpc) is 2.17. The Morgan fingerprint density at radius 2 is 2.07 bits per heavy atom. The normalized spacial score (nSPS) is 10.7. The average molecular weight is 194 g/mol. The van der Waals surface area contributed by atoms with Gasteiger partial charge in [0.1, 0.15) is 0 Å². The molecule has 0 aliphatic heterocycles. The summed E-state index contributed by atoms with van der Waals surface area (Å²) < 4.78 is 12.4. The molecule has 1 N–H and O–H groups in total. The highest BCUT2D eigenvalue weighted by Gasteiger charge is 2.16. The lowest BCUT2D eigenvalue weighted by Crippen LogP contribution is -2.21. The van der Waals surface area contributed by atoms with Gasteiger partial charge in [-0.2, -0.15) is 5.26 Å². The number of hydrogen-bond donors (Lipinski definition) is 1. The van der Waals surface area contributed by atoms with Crippen LogP contribution >= 0.6 is 0 Å². The number of rotatable bonds is 3. The molecule has 0 aliphatic rings. The van der Waals surface area contributed by atoms with E-state index in [1.807, 2.05) is 0 Å². The number of nitrogens with zero attached hydrogens (tertiary/aromatic N) is 3. The minimum Gasteiger partial charge on any atom is -0.353 e. The first-order chi connectivity index (χ1) is 6.53. The van der Waals surface area contributed by atoms with E-state index in [2.05, 4.69) is 21.4 Å². The Hall–Kier alpha value is -1.70. The molecule has 1 aromatic rings. The van der Waals surface area contributed by atoms with E-state index < -0.39 is 11.2 Å². The van der Waals surface area contributed by atoms with Crippen LogP contribution in [0.4, 0.5) is 10.3 Å². The lowest BCUT2D eigenvalue weighted by Gasteiger charge is -2.15. The van der Waals surface area contributed by atoms with Crippen molar-refractivity contribution in [2.24, 2.45) is 5.41 Å². The van der Waals surface area contributed by atoms with Gasteiger partial charge in [-0.3, -0.25) is 0 Å². The molecule has 0 aromatic carbocycles. The summed E-state index contributed by atoms with van der Waals surface area (Å²) in [4.78, 5) is 7.42. The van der Waals surface area contributed by atoms with Gasteiger partial charge in [0.25, 0.3) is 0 Å². The van der Waals surface area contributed by atoms with Gasteiger partial charge < -0.3 is 5.32 Å². The molecule has 0 spiro atoms. The van der Waals surface area contributed by atoms with Gasteiger partial charge in [-0.05, 0) is 13.8 Å². The largest absolute Gasteiger partial charge is 0.353 e. The third kappa shape index (κ3) is 2.98. The number of aromatic nitrogens is 2. The summed E-state index contributed by atoms with van der Waals surface area (Å²) in [7, 11) is 0. The van der Waals surface area contributed by atoms with Gasteiger partial charge in [0, 0.05) is 6.54 Å². The van der Waals surface area contributed by atoms with Crippen LogP contribution in [0, 0.1) is 22.6 Å². The first kappa shape index (κ1) is 10.4. The van der Waals surface area contributed by atoms with Crippen molar-refractivity contribution >= 4 is 5.95 Å².